The van der Waals surface area contributed by atoms with Crippen LogP contribution in [0.25, 0.3) is 0 Å². The monoisotopic (exact) mass is 173 g/mol. The van der Waals surface area contributed by atoms with Gasteiger partial charge in [-0.2, -0.15) is 0 Å². The van der Waals surface area contributed by atoms with E-state index in [1.165, 1.54) is 0 Å². The second kappa shape index (κ2) is 4.01. The van der Waals surface area contributed by atoms with Crippen molar-refractivity contribution in [3.8, 4) is 0 Å². The largest absolute Gasteiger partial charge is 0.354 e. The number of hydrogen-bond donors (Lipinski definition) is 1. The number of aldehydes is 1. The number of carbonyl (C=O) groups is 1. The molecule has 0 heterocycles. The van der Waals surface area contributed by atoms with Crippen LogP contribution in [0.15, 0.2) is 0 Å². The molecular formula is C9H19NO2. The Bertz CT molecular complexity index is 147. The van der Waals surface area contributed by atoms with E-state index in [9.17, 15) is 4.79 Å². The van der Waals surface area contributed by atoms with Crippen molar-refractivity contribution in [2.24, 2.45) is 11.1 Å². The van der Waals surface area contributed by atoms with Crippen LogP contribution in [0.3, 0.4) is 0 Å². The Morgan fingerprint density at radius 3 is 2.17 bits per heavy atom. The third kappa shape index (κ3) is 6.31. The van der Waals surface area contributed by atoms with Crippen molar-refractivity contribution >= 4 is 6.29 Å². The molecule has 0 spiro atoms. The zero-order chi connectivity index (χ0) is 9.83. The molecule has 0 aliphatic heterocycles. The van der Waals surface area contributed by atoms with Crippen LogP contribution in [0.1, 0.15) is 34.1 Å². The van der Waals surface area contributed by atoms with Crippen molar-refractivity contribution in [3.05, 3.63) is 0 Å². The normalized spacial score (nSPS) is 17.1. The van der Waals surface area contributed by atoms with E-state index in [0.29, 0.717) is 12.9 Å². The van der Waals surface area contributed by atoms with Crippen LogP contribution in [0.2, 0.25) is 0 Å². The first kappa shape index (κ1) is 11.6. The number of rotatable bonds is 4. The molecule has 0 radical (unpaired) electrons. The van der Waals surface area contributed by atoms with E-state index in [0.717, 1.165) is 6.42 Å². The van der Waals surface area contributed by atoms with Crippen molar-refractivity contribution < 1.29 is 9.53 Å². The lowest BCUT2D eigenvalue weighted by molar-refractivity contribution is -0.129. The summed E-state index contributed by atoms with van der Waals surface area (Å²) in [6, 6.07) is 0. The molecule has 0 rings (SSSR count). The summed E-state index contributed by atoms with van der Waals surface area (Å²) in [6.07, 6.45) is 1.52. The van der Waals surface area contributed by atoms with Gasteiger partial charge in [-0.1, -0.05) is 20.8 Å². The first-order chi connectivity index (χ1) is 5.27. The number of hydrogen-bond acceptors (Lipinski definition) is 3. The molecule has 0 fully saturated rings. The molecule has 0 aliphatic rings. The van der Waals surface area contributed by atoms with Crippen molar-refractivity contribution in [1.82, 2.24) is 0 Å². The predicted molar refractivity (Wildman–Crippen MR) is 48.7 cm³/mol. The van der Waals surface area contributed by atoms with Gasteiger partial charge in [0.15, 0.2) is 12.0 Å². The zero-order valence-corrected chi connectivity index (χ0v) is 8.39. The molecule has 72 valence electrons. The fourth-order valence-electron chi connectivity index (χ4n) is 0.611. The molecule has 0 amide bonds. The van der Waals surface area contributed by atoms with Crippen molar-refractivity contribution in [3.63, 3.8) is 0 Å². The average molecular weight is 173 g/mol. The van der Waals surface area contributed by atoms with Gasteiger partial charge in [-0.3, -0.25) is 10.5 Å². The maximum atomic E-state index is 10.3. The van der Waals surface area contributed by atoms with Gasteiger partial charge in [0.1, 0.15) is 0 Å². The Hall–Kier alpha value is -0.410. The Morgan fingerprint density at radius 2 is 1.83 bits per heavy atom. The molecule has 0 aromatic carbocycles. The maximum Gasteiger partial charge on any atom is 0.170 e. The van der Waals surface area contributed by atoms with Crippen LogP contribution < -0.4 is 5.73 Å². The third-order valence-electron chi connectivity index (χ3n) is 1.50. The average Bonchev–Trinajstić information content (AvgIpc) is 1.84. The molecule has 0 saturated carbocycles. The van der Waals surface area contributed by atoms with E-state index in [4.69, 9.17) is 10.5 Å². The molecule has 2 N–H and O–H groups in total. The second-order valence-corrected chi connectivity index (χ2v) is 4.46. The number of ether oxygens (including phenoxy) is 1. The first-order valence-corrected chi connectivity index (χ1v) is 4.16. The lowest BCUT2D eigenvalue weighted by Gasteiger charge is -2.22. The van der Waals surface area contributed by atoms with Gasteiger partial charge in [-0.25, -0.2) is 0 Å². The zero-order valence-electron chi connectivity index (χ0n) is 8.39. The van der Waals surface area contributed by atoms with Gasteiger partial charge >= 0.3 is 0 Å². The minimum Gasteiger partial charge on any atom is -0.354 e. The van der Waals surface area contributed by atoms with Gasteiger partial charge in [0.25, 0.3) is 0 Å². The SMILES string of the molecule is CC(C)(C)CCOC(C)(N)C=O. The standard InChI is InChI=1S/C9H19NO2/c1-8(2,3)5-6-12-9(4,10)7-11/h7H,5-6,10H2,1-4H3. The lowest BCUT2D eigenvalue weighted by Crippen LogP contribution is -2.41. The topological polar surface area (TPSA) is 52.3 Å². The van der Waals surface area contributed by atoms with E-state index in [-0.39, 0.29) is 5.41 Å². The maximum absolute atomic E-state index is 10.3. The highest BCUT2D eigenvalue weighted by Crippen LogP contribution is 2.18. The Labute approximate surface area is 74.3 Å². The highest BCUT2D eigenvalue weighted by atomic mass is 16.5. The molecular weight excluding hydrogens is 154 g/mol. The van der Waals surface area contributed by atoms with E-state index < -0.39 is 5.72 Å². The molecule has 0 aromatic heterocycles. The Balaban J connectivity index is 3.64. The van der Waals surface area contributed by atoms with Crippen LogP contribution in [-0.2, 0) is 9.53 Å². The summed E-state index contributed by atoms with van der Waals surface area (Å²) in [6.45, 7) is 8.43. The van der Waals surface area contributed by atoms with Crippen LogP contribution in [-0.4, -0.2) is 18.6 Å². The summed E-state index contributed by atoms with van der Waals surface area (Å²) in [5, 5.41) is 0. The summed E-state index contributed by atoms with van der Waals surface area (Å²) in [5.41, 5.74) is 4.56. The molecule has 0 bridgehead atoms. The van der Waals surface area contributed by atoms with Gasteiger partial charge in [-0.05, 0) is 18.8 Å². The van der Waals surface area contributed by atoms with Crippen LogP contribution in [0, 0.1) is 5.41 Å². The summed E-state index contributed by atoms with van der Waals surface area (Å²) >= 11 is 0. The molecule has 3 nitrogen and oxygen atoms in total. The highest BCUT2D eigenvalue weighted by Gasteiger charge is 2.18. The van der Waals surface area contributed by atoms with E-state index in [2.05, 4.69) is 20.8 Å². The van der Waals surface area contributed by atoms with Gasteiger partial charge in [-0.15, -0.1) is 0 Å². The number of carbonyl (C=O) groups excluding carboxylic acids is 1. The van der Waals surface area contributed by atoms with Gasteiger partial charge in [0, 0.05) is 6.61 Å². The van der Waals surface area contributed by atoms with E-state index in [1.807, 2.05) is 0 Å². The first-order valence-electron chi connectivity index (χ1n) is 4.16. The molecule has 3 heteroatoms. The molecule has 12 heavy (non-hydrogen) atoms. The lowest BCUT2D eigenvalue weighted by atomic mass is 9.93. The number of nitrogens with two attached hydrogens (primary N) is 1. The van der Waals surface area contributed by atoms with E-state index in [1.54, 1.807) is 6.92 Å². The molecule has 0 aromatic rings. The Kier molecular flexibility index (Phi) is 3.87. The smallest absolute Gasteiger partial charge is 0.170 e. The fraction of sp³-hybridized carbons (Fsp3) is 0.889. The van der Waals surface area contributed by atoms with Crippen LogP contribution in [0.4, 0.5) is 0 Å². The highest BCUT2D eigenvalue weighted by molar-refractivity contribution is 5.60. The summed E-state index contributed by atoms with van der Waals surface area (Å²) in [5.74, 6) is 0. The third-order valence-corrected chi connectivity index (χ3v) is 1.50. The van der Waals surface area contributed by atoms with Gasteiger partial charge in [0.2, 0.25) is 0 Å². The van der Waals surface area contributed by atoms with Crippen molar-refractivity contribution in [2.75, 3.05) is 6.61 Å². The summed E-state index contributed by atoms with van der Waals surface area (Å²) in [4.78, 5) is 10.3. The fourth-order valence-corrected chi connectivity index (χ4v) is 0.611. The molecule has 1 unspecified atom stereocenters. The van der Waals surface area contributed by atoms with E-state index >= 15 is 0 Å². The minimum atomic E-state index is -1.12. The van der Waals surface area contributed by atoms with Crippen LogP contribution in [0.5, 0.6) is 0 Å². The molecule has 1 atom stereocenters. The van der Waals surface area contributed by atoms with Crippen LogP contribution >= 0.6 is 0 Å². The quantitative estimate of drug-likeness (QED) is 0.515. The predicted octanol–water partition coefficient (Wildman–Crippen LogP) is 1.31. The molecule has 0 saturated heterocycles. The van der Waals surface area contributed by atoms with Crippen molar-refractivity contribution in [2.45, 2.75) is 39.8 Å². The van der Waals surface area contributed by atoms with Gasteiger partial charge < -0.3 is 4.74 Å². The Morgan fingerprint density at radius 1 is 1.33 bits per heavy atom. The minimum absolute atomic E-state index is 0.221. The second-order valence-electron chi connectivity index (χ2n) is 4.46. The van der Waals surface area contributed by atoms with Gasteiger partial charge in [0.05, 0.1) is 0 Å². The summed E-state index contributed by atoms with van der Waals surface area (Å²) < 4.78 is 5.16. The molecule has 0 aliphatic carbocycles. The van der Waals surface area contributed by atoms with Crippen molar-refractivity contribution in [1.29, 1.82) is 0 Å². The summed E-state index contributed by atoms with van der Waals surface area (Å²) in [7, 11) is 0.